The molecule has 0 amide bonds. The van der Waals surface area contributed by atoms with Gasteiger partial charge in [0.2, 0.25) is 0 Å². The van der Waals surface area contributed by atoms with E-state index in [1.165, 1.54) is 0 Å². The fraction of sp³-hybridized carbons (Fsp3) is 0.0952. The number of hydrogen-bond donors (Lipinski definition) is 0. The van der Waals surface area contributed by atoms with Crippen molar-refractivity contribution in [2.24, 2.45) is 0 Å². The van der Waals surface area contributed by atoms with Crippen molar-refractivity contribution in [2.75, 3.05) is 6.61 Å². The average molecular weight is 382 g/mol. The highest BCUT2D eigenvalue weighted by molar-refractivity contribution is 7.63. The minimum atomic E-state index is -3.73. The smallest absolute Gasteiger partial charge is 0.462 e. The number of carbonyl (C=O) groups is 1. The zero-order valence-corrected chi connectivity index (χ0v) is 15.7. The largest absolute Gasteiger partial charge is 0.462 e. The molecular weight excluding hydrogens is 363 g/mol. The lowest BCUT2D eigenvalue weighted by atomic mass is 10.2. The molecule has 0 aromatic heterocycles. The molecule has 3 rings (SSSR count). The fourth-order valence-electron chi connectivity index (χ4n) is 2.36. The summed E-state index contributed by atoms with van der Waals surface area (Å²) in [7, 11) is -3.73. The third-order valence-electron chi connectivity index (χ3n) is 3.63. The Morgan fingerprint density at radius 1 is 0.778 bits per heavy atom. The summed E-state index contributed by atoms with van der Waals surface area (Å²) in [6.45, 7) is 2.02. The van der Waals surface area contributed by atoms with E-state index in [4.69, 9.17) is 13.8 Å². The molecular formula is C21H19O5P. The van der Waals surface area contributed by atoms with Crippen molar-refractivity contribution in [3.05, 3.63) is 90.5 Å². The molecule has 0 heterocycles. The van der Waals surface area contributed by atoms with Gasteiger partial charge in [0.15, 0.2) is 0 Å². The van der Waals surface area contributed by atoms with Crippen molar-refractivity contribution in [1.82, 2.24) is 0 Å². The minimum absolute atomic E-state index is 0.285. The number of esters is 1. The van der Waals surface area contributed by atoms with Gasteiger partial charge < -0.3 is 13.8 Å². The van der Waals surface area contributed by atoms with Crippen molar-refractivity contribution in [3.8, 4) is 11.5 Å². The normalized spacial score (nSPS) is 10.9. The molecule has 0 N–H and O–H groups in total. The highest BCUT2D eigenvalue weighted by Crippen LogP contribution is 2.47. The lowest BCUT2D eigenvalue weighted by molar-refractivity contribution is 0.0526. The lowest BCUT2D eigenvalue weighted by Gasteiger charge is -2.20. The molecule has 0 bridgehead atoms. The predicted octanol–water partition coefficient (Wildman–Crippen LogP) is 4.84. The van der Waals surface area contributed by atoms with Crippen LogP contribution in [0.25, 0.3) is 0 Å². The number of ether oxygens (including phenoxy) is 1. The highest BCUT2D eigenvalue weighted by Gasteiger charge is 2.31. The second-order valence-corrected chi connectivity index (χ2v) is 7.45. The fourth-order valence-corrected chi connectivity index (χ4v) is 3.92. The topological polar surface area (TPSA) is 61.8 Å². The van der Waals surface area contributed by atoms with Gasteiger partial charge in [-0.1, -0.05) is 36.4 Å². The summed E-state index contributed by atoms with van der Waals surface area (Å²) < 4.78 is 30.1. The van der Waals surface area contributed by atoms with Gasteiger partial charge in [0.25, 0.3) is 0 Å². The molecule has 0 saturated carbocycles. The Hall–Kier alpha value is -3.04. The molecule has 0 radical (unpaired) electrons. The van der Waals surface area contributed by atoms with Gasteiger partial charge in [-0.05, 0) is 55.5 Å². The maximum absolute atomic E-state index is 13.6. The second kappa shape index (κ2) is 8.56. The first-order chi connectivity index (χ1) is 13.1. The van der Waals surface area contributed by atoms with E-state index >= 15 is 0 Å². The van der Waals surface area contributed by atoms with Gasteiger partial charge >= 0.3 is 13.6 Å². The molecule has 138 valence electrons. The Morgan fingerprint density at radius 2 is 1.26 bits per heavy atom. The summed E-state index contributed by atoms with van der Waals surface area (Å²) in [4.78, 5) is 11.8. The third-order valence-corrected chi connectivity index (χ3v) is 5.47. The average Bonchev–Trinajstić information content (AvgIpc) is 2.70. The van der Waals surface area contributed by atoms with Gasteiger partial charge in [-0.3, -0.25) is 0 Å². The summed E-state index contributed by atoms with van der Waals surface area (Å²) >= 11 is 0. The van der Waals surface area contributed by atoms with E-state index in [9.17, 15) is 9.36 Å². The third kappa shape index (κ3) is 4.78. The number of rotatable bonds is 7. The van der Waals surface area contributed by atoms with Gasteiger partial charge in [0, 0.05) is 0 Å². The summed E-state index contributed by atoms with van der Waals surface area (Å²) in [5.74, 6) is 0.407. The van der Waals surface area contributed by atoms with Crippen LogP contribution >= 0.6 is 7.60 Å². The van der Waals surface area contributed by atoms with Crippen LogP contribution in [0, 0.1) is 0 Å². The van der Waals surface area contributed by atoms with Gasteiger partial charge in [-0.15, -0.1) is 0 Å². The number of benzene rings is 3. The van der Waals surface area contributed by atoms with Gasteiger partial charge in [0.1, 0.15) is 11.5 Å². The van der Waals surface area contributed by atoms with E-state index in [0.29, 0.717) is 22.4 Å². The number of carbonyl (C=O) groups excluding carboxylic acids is 1. The van der Waals surface area contributed by atoms with E-state index < -0.39 is 13.6 Å². The van der Waals surface area contributed by atoms with Crippen molar-refractivity contribution in [3.63, 3.8) is 0 Å². The summed E-state index contributed by atoms with van der Waals surface area (Å²) in [5.41, 5.74) is 0.367. The Kier molecular flexibility index (Phi) is 5.94. The van der Waals surface area contributed by atoms with Gasteiger partial charge in [0.05, 0.1) is 17.5 Å². The molecule has 27 heavy (non-hydrogen) atoms. The van der Waals surface area contributed by atoms with Gasteiger partial charge in [-0.25, -0.2) is 9.36 Å². The molecule has 6 heteroatoms. The first-order valence-electron chi connectivity index (χ1n) is 8.48. The molecule has 0 unspecified atom stereocenters. The lowest BCUT2D eigenvalue weighted by Crippen LogP contribution is -2.15. The Labute approximate surface area is 158 Å². The maximum atomic E-state index is 13.6. The Morgan fingerprint density at radius 3 is 1.70 bits per heavy atom. The minimum Gasteiger partial charge on any atom is -0.462 e. The molecule has 0 fully saturated rings. The summed E-state index contributed by atoms with van der Waals surface area (Å²) in [6, 6.07) is 23.8. The van der Waals surface area contributed by atoms with Crippen LogP contribution in [0.15, 0.2) is 84.9 Å². The van der Waals surface area contributed by atoms with Crippen LogP contribution < -0.4 is 14.4 Å². The zero-order valence-electron chi connectivity index (χ0n) is 14.8. The molecule has 0 aliphatic heterocycles. The van der Waals surface area contributed by atoms with E-state index in [0.717, 1.165) is 0 Å². The SMILES string of the molecule is CCOC(=O)c1ccc(P(=O)(Oc2ccccc2)Oc2ccccc2)cc1. The molecule has 0 atom stereocenters. The van der Waals surface area contributed by atoms with Crippen LogP contribution in [0.1, 0.15) is 17.3 Å². The van der Waals surface area contributed by atoms with Crippen LogP contribution in [0.4, 0.5) is 0 Å². The van der Waals surface area contributed by atoms with E-state index in [2.05, 4.69) is 0 Å². The quantitative estimate of drug-likeness (QED) is 0.432. The Balaban J connectivity index is 1.93. The standard InChI is InChI=1S/C21H19O5P/c1-2-24-21(22)17-13-15-20(16-14-17)27(23,25-18-9-5-3-6-10-18)26-19-11-7-4-8-12-19/h3-16H,2H2,1H3. The first-order valence-corrected chi connectivity index (χ1v) is 10.0. The summed E-state index contributed by atoms with van der Waals surface area (Å²) in [6.07, 6.45) is 0. The molecule has 5 nitrogen and oxygen atoms in total. The monoisotopic (exact) mass is 382 g/mol. The second-order valence-electron chi connectivity index (χ2n) is 5.57. The predicted molar refractivity (Wildman–Crippen MR) is 104 cm³/mol. The van der Waals surface area contributed by atoms with Crippen molar-refractivity contribution < 1.29 is 23.1 Å². The summed E-state index contributed by atoms with van der Waals surface area (Å²) in [5, 5.41) is 0.336. The maximum Gasteiger partial charge on any atom is 0.462 e. The number of para-hydroxylation sites is 2. The van der Waals surface area contributed by atoms with Crippen molar-refractivity contribution >= 4 is 18.9 Å². The van der Waals surface area contributed by atoms with Gasteiger partial charge in [-0.2, -0.15) is 0 Å². The van der Waals surface area contributed by atoms with Crippen molar-refractivity contribution in [2.45, 2.75) is 6.92 Å². The van der Waals surface area contributed by atoms with E-state index in [1.807, 2.05) is 12.1 Å². The van der Waals surface area contributed by atoms with E-state index in [1.54, 1.807) is 79.7 Å². The van der Waals surface area contributed by atoms with Crippen molar-refractivity contribution in [1.29, 1.82) is 0 Å². The molecule has 0 saturated heterocycles. The molecule has 0 aliphatic rings. The molecule has 3 aromatic carbocycles. The van der Waals surface area contributed by atoms with E-state index in [-0.39, 0.29) is 6.61 Å². The number of hydrogen-bond acceptors (Lipinski definition) is 5. The zero-order chi connectivity index (χ0) is 19.1. The Bertz CT molecular complexity index is 878. The van der Waals surface area contributed by atoms with Crippen LogP contribution in [-0.2, 0) is 9.30 Å². The molecule has 3 aromatic rings. The first kappa shape index (κ1) is 18.7. The molecule has 0 spiro atoms. The highest BCUT2D eigenvalue weighted by atomic mass is 31.2. The van der Waals surface area contributed by atoms with Crippen LogP contribution in [0.3, 0.4) is 0 Å². The van der Waals surface area contributed by atoms with Crippen LogP contribution in [-0.4, -0.2) is 12.6 Å². The van der Waals surface area contributed by atoms with Crippen LogP contribution in [0.5, 0.6) is 11.5 Å². The van der Waals surface area contributed by atoms with Crippen LogP contribution in [0.2, 0.25) is 0 Å². The molecule has 0 aliphatic carbocycles.